The van der Waals surface area contributed by atoms with Crippen LogP contribution in [0.1, 0.15) is 16.7 Å². The van der Waals surface area contributed by atoms with Gasteiger partial charge in [-0.1, -0.05) is 39.7 Å². The minimum atomic E-state index is -4.38. The quantitative estimate of drug-likeness (QED) is 0.741. The van der Waals surface area contributed by atoms with Crippen LogP contribution in [-0.2, 0) is 11.2 Å². The summed E-state index contributed by atoms with van der Waals surface area (Å²) in [5.41, 5.74) is 2.67. The Morgan fingerprint density at radius 2 is 1.95 bits per heavy atom. The van der Waals surface area contributed by atoms with Crippen molar-refractivity contribution in [3.8, 4) is 0 Å². The van der Waals surface area contributed by atoms with Gasteiger partial charge in [-0.15, -0.1) is 0 Å². The maximum absolute atomic E-state index is 12.5. The number of amides is 1. The zero-order valence-electron chi connectivity index (χ0n) is 11.4. The summed E-state index contributed by atoms with van der Waals surface area (Å²) in [7, 11) is 0. The molecule has 1 aromatic carbocycles. The van der Waals surface area contributed by atoms with E-state index in [9.17, 15) is 18.0 Å². The first-order valence-electron chi connectivity index (χ1n) is 6.19. The summed E-state index contributed by atoms with van der Waals surface area (Å²) in [4.78, 5) is 12.9. The molecule has 1 rings (SSSR count). The van der Waals surface area contributed by atoms with Crippen molar-refractivity contribution >= 4 is 21.8 Å². The summed E-state index contributed by atoms with van der Waals surface area (Å²) in [6, 6.07) is 5.62. The number of aryl methyl sites for hydroxylation is 2. The van der Waals surface area contributed by atoms with Crippen molar-refractivity contribution in [3.05, 3.63) is 34.9 Å². The van der Waals surface area contributed by atoms with Gasteiger partial charge in [-0.25, -0.2) is 0 Å². The summed E-state index contributed by atoms with van der Waals surface area (Å²) < 4.78 is 37.4. The molecule has 0 aliphatic rings. The highest BCUT2D eigenvalue weighted by molar-refractivity contribution is 9.09. The second-order valence-electron chi connectivity index (χ2n) is 4.73. The molecule has 20 heavy (non-hydrogen) atoms. The van der Waals surface area contributed by atoms with Gasteiger partial charge in [-0.05, 0) is 25.0 Å². The maximum atomic E-state index is 12.5. The van der Waals surface area contributed by atoms with Crippen LogP contribution in [0.25, 0.3) is 0 Å². The average Bonchev–Trinajstić information content (AvgIpc) is 2.31. The molecule has 0 aromatic heterocycles. The van der Waals surface area contributed by atoms with Crippen LogP contribution in [0.15, 0.2) is 18.2 Å². The van der Waals surface area contributed by atoms with Crippen LogP contribution >= 0.6 is 15.9 Å². The number of nitrogens with zero attached hydrogens (tertiary/aromatic N) is 1. The van der Waals surface area contributed by atoms with Crippen LogP contribution in [0.2, 0.25) is 0 Å². The summed E-state index contributed by atoms with van der Waals surface area (Å²) in [6.07, 6.45) is -4.38. The lowest BCUT2D eigenvalue weighted by molar-refractivity contribution is -0.160. The second-order valence-corrected chi connectivity index (χ2v) is 5.52. The molecule has 0 bridgehead atoms. The third-order valence-corrected chi connectivity index (χ3v) is 3.28. The van der Waals surface area contributed by atoms with E-state index in [2.05, 4.69) is 15.9 Å². The molecule has 0 fully saturated rings. The van der Waals surface area contributed by atoms with Crippen molar-refractivity contribution in [3.63, 3.8) is 0 Å². The Hall–Kier alpha value is -1.04. The van der Waals surface area contributed by atoms with Crippen LogP contribution in [-0.4, -0.2) is 35.4 Å². The van der Waals surface area contributed by atoms with Gasteiger partial charge in [-0.3, -0.25) is 4.79 Å². The first kappa shape index (κ1) is 17.0. The minimum Gasteiger partial charge on any atom is -0.332 e. The van der Waals surface area contributed by atoms with Crippen LogP contribution in [0.3, 0.4) is 0 Å². The summed E-state index contributed by atoms with van der Waals surface area (Å²) in [5, 5.41) is 0.321. The number of rotatable bonds is 5. The summed E-state index contributed by atoms with van der Waals surface area (Å²) in [6.45, 7) is 2.57. The number of alkyl halides is 4. The fourth-order valence-electron chi connectivity index (χ4n) is 1.88. The molecule has 0 atom stereocenters. The zero-order chi connectivity index (χ0) is 15.3. The van der Waals surface area contributed by atoms with Gasteiger partial charge in [0, 0.05) is 11.9 Å². The van der Waals surface area contributed by atoms with Gasteiger partial charge in [0.15, 0.2) is 0 Å². The summed E-state index contributed by atoms with van der Waals surface area (Å²) in [5.74, 6) is -0.504. The Kier molecular flexibility index (Phi) is 6.05. The van der Waals surface area contributed by atoms with Crippen molar-refractivity contribution < 1.29 is 18.0 Å². The SMILES string of the molecule is Cc1ccc(C)c(CC(=O)N(CCBr)CC(F)(F)F)c1. The Morgan fingerprint density at radius 1 is 1.30 bits per heavy atom. The zero-order valence-corrected chi connectivity index (χ0v) is 13.0. The molecule has 0 spiro atoms. The Balaban J connectivity index is 2.82. The molecule has 0 radical (unpaired) electrons. The van der Waals surface area contributed by atoms with Gasteiger partial charge in [0.05, 0.1) is 6.42 Å². The number of hydrogen-bond donors (Lipinski definition) is 0. The molecule has 0 saturated carbocycles. The molecule has 112 valence electrons. The Morgan fingerprint density at radius 3 is 2.50 bits per heavy atom. The molecule has 0 saturated heterocycles. The third-order valence-electron chi connectivity index (χ3n) is 2.92. The number of benzene rings is 1. The van der Waals surface area contributed by atoms with E-state index in [0.29, 0.717) is 5.33 Å². The fourth-order valence-corrected chi connectivity index (χ4v) is 2.30. The van der Waals surface area contributed by atoms with Crippen molar-refractivity contribution in [2.75, 3.05) is 18.4 Å². The second kappa shape index (κ2) is 7.11. The molecule has 0 heterocycles. The van der Waals surface area contributed by atoms with E-state index in [-0.39, 0.29) is 13.0 Å². The normalized spacial score (nSPS) is 11.5. The highest BCUT2D eigenvalue weighted by Gasteiger charge is 2.32. The van der Waals surface area contributed by atoms with E-state index < -0.39 is 18.6 Å². The fraction of sp³-hybridized carbons (Fsp3) is 0.500. The van der Waals surface area contributed by atoms with Crippen LogP contribution in [0.5, 0.6) is 0 Å². The van der Waals surface area contributed by atoms with Gasteiger partial charge < -0.3 is 4.90 Å². The van der Waals surface area contributed by atoms with Crippen LogP contribution in [0, 0.1) is 13.8 Å². The molecule has 0 aliphatic heterocycles. The van der Waals surface area contributed by atoms with Crippen molar-refractivity contribution in [1.82, 2.24) is 4.90 Å². The predicted molar refractivity (Wildman–Crippen MR) is 76.0 cm³/mol. The predicted octanol–water partition coefficient (Wildman–Crippen LogP) is 3.63. The van der Waals surface area contributed by atoms with Crippen LogP contribution in [0.4, 0.5) is 13.2 Å². The lowest BCUT2D eigenvalue weighted by Gasteiger charge is -2.23. The first-order valence-corrected chi connectivity index (χ1v) is 7.31. The van der Waals surface area contributed by atoms with E-state index in [1.54, 1.807) is 0 Å². The molecule has 6 heteroatoms. The van der Waals surface area contributed by atoms with Gasteiger partial charge in [-0.2, -0.15) is 13.2 Å². The lowest BCUT2D eigenvalue weighted by atomic mass is 10.0. The van der Waals surface area contributed by atoms with Crippen molar-refractivity contribution in [2.45, 2.75) is 26.4 Å². The molecule has 1 amide bonds. The Bertz CT molecular complexity index is 474. The molecule has 0 unspecified atom stereocenters. The smallest absolute Gasteiger partial charge is 0.332 e. The number of hydrogen-bond acceptors (Lipinski definition) is 1. The minimum absolute atomic E-state index is 0.00338. The highest BCUT2D eigenvalue weighted by Crippen LogP contribution is 2.18. The molecule has 0 aliphatic carbocycles. The molecule has 1 aromatic rings. The van der Waals surface area contributed by atoms with Crippen molar-refractivity contribution in [2.24, 2.45) is 0 Å². The third kappa shape index (κ3) is 5.53. The number of carbonyl (C=O) groups is 1. The topological polar surface area (TPSA) is 20.3 Å². The molecule has 2 nitrogen and oxygen atoms in total. The standard InChI is InChI=1S/C14H17BrF3NO/c1-10-3-4-11(2)12(7-10)8-13(20)19(6-5-15)9-14(16,17)18/h3-4,7H,5-6,8-9H2,1-2H3. The van der Waals surface area contributed by atoms with E-state index in [0.717, 1.165) is 21.6 Å². The van der Waals surface area contributed by atoms with E-state index >= 15 is 0 Å². The Labute approximate surface area is 125 Å². The number of halogens is 4. The highest BCUT2D eigenvalue weighted by atomic mass is 79.9. The van der Waals surface area contributed by atoms with Gasteiger partial charge in [0.2, 0.25) is 5.91 Å². The lowest BCUT2D eigenvalue weighted by Crippen LogP contribution is -2.41. The van der Waals surface area contributed by atoms with Gasteiger partial charge in [0.1, 0.15) is 6.54 Å². The van der Waals surface area contributed by atoms with Crippen molar-refractivity contribution in [1.29, 1.82) is 0 Å². The van der Waals surface area contributed by atoms with Gasteiger partial charge >= 0.3 is 6.18 Å². The first-order chi connectivity index (χ1) is 9.23. The summed E-state index contributed by atoms with van der Waals surface area (Å²) >= 11 is 3.08. The molecular formula is C14H17BrF3NO. The average molecular weight is 352 g/mol. The van der Waals surface area contributed by atoms with Crippen LogP contribution < -0.4 is 0 Å². The molecule has 0 N–H and O–H groups in total. The van der Waals surface area contributed by atoms with E-state index in [4.69, 9.17) is 0 Å². The maximum Gasteiger partial charge on any atom is 0.406 e. The van der Waals surface area contributed by atoms with E-state index in [1.165, 1.54) is 0 Å². The monoisotopic (exact) mass is 351 g/mol. The van der Waals surface area contributed by atoms with E-state index in [1.807, 2.05) is 32.0 Å². The number of carbonyl (C=O) groups excluding carboxylic acids is 1. The largest absolute Gasteiger partial charge is 0.406 e. The molecular weight excluding hydrogens is 335 g/mol. The van der Waals surface area contributed by atoms with Gasteiger partial charge in [0.25, 0.3) is 0 Å².